The highest BCUT2D eigenvalue weighted by Crippen LogP contribution is 2.42. The number of aromatic nitrogens is 2. The summed E-state index contributed by atoms with van der Waals surface area (Å²) < 4.78 is 13.3. The standard InChI is InChI=1S/2C22H21N.C17H18.C16H16O.C16H16S/c1-22(2,3)18-13-9-15-20-21(18)17-12-7-8-14-19(17)23(20)16-10-5-4-6-11-16;1-22(2,3)16-13-14-19-18-11-7-8-12-20(18)23(21(19)15-16)17-9-5-4-6-10-17;1-17(2,3)14-8-9-16-13(11-14)10-12-6-4-5-7-15(12)16;2*1-16(2,3)11-8-9-15-13(10-11)12-6-4-5-7-14(12)17-15/h2*4-15H,1-3H3;4-9,11H,10H2,1-3H3;2*4-10H,1-3H3. The van der Waals surface area contributed by atoms with Crippen molar-refractivity contribution in [2.24, 2.45) is 0 Å². The van der Waals surface area contributed by atoms with Crippen LogP contribution in [0.4, 0.5) is 0 Å². The second kappa shape index (κ2) is 26.0. The molecule has 1 aliphatic carbocycles. The minimum Gasteiger partial charge on any atom is -0.456 e. The molecule has 0 N–H and O–H groups in total. The van der Waals surface area contributed by atoms with Crippen molar-refractivity contribution in [3.05, 3.63) is 312 Å². The highest BCUT2D eigenvalue weighted by molar-refractivity contribution is 7.25. The number of furan rings is 1. The molecule has 486 valence electrons. The van der Waals surface area contributed by atoms with Gasteiger partial charge in [-0.15, -0.1) is 11.3 Å². The van der Waals surface area contributed by atoms with Crippen molar-refractivity contribution < 1.29 is 4.42 Å². The molecule has 16 aromatic rings. The van der Waals surface area contributed by atoms with E-state index in [0.717, 1.165) is 17.6 Å². The minimum absolute atomic E-state index is 0.116. The molecular formula is C93H92N2OS. The average Bonchev–Trinajstić information content (AvgIpc) is 1.60. The average molecular weight is 1290 g/mol. The van der Waals surface area contributed by atoms with E-state index in [9.17, 15) is 0 Å². The number of benzene rings is 12. The summed E-state index contributed by atoms with van der Waals surface area (Å²) in [4.78, 5) is 0. The third-order valence-electron chi connectivity index (χ3n) is 19.2. The molecule has 0 aliphatic heterocycles. The molecule has 0 unspecified atom stereocenters. The number of hydrogen-bond donors (Lipinski definition) is 0. The zero-order valence-corrected chi connectivity index (χ0v) is 60.2. The van der Waals surface area contributed by atoms with Gasteiger partial charge in [0.05, 0.1) is 22.1 Å². The summed E-state index contributed by atoms with van der Waals surface area (Å²) in [5.74, 6) is 0. The van der Waals surface area contributed by atoms with Gasteiger partial charge in [-0.05, 0) is 168 Å². The molecule has 97 heavy (non-hydrogen) atoms. The summed E-state index contributed by atoms with van der Waals surface area (Å²) >= 11 is 1.88. The van der Waals surface area contributed by atoms with Crippen LogP contribution in [0.3, 0.4) is 0 Å². The van der Waals surface area contributed by atoms with Gasteiger partial charge < -0.3 is 13.6 Å². The SMILES string of the molecule is CC(C)(C)c1ccc2c(c1)Cc1ccccc1-2.CC(C)(C)c1ccc2c3ccccc3n(-c3ccccc3)c2c1.CC(C)(C)c1ccc2oc3ccccc3c2c1.CC(C)(C)c1ccc2sc3ccccc3c2c1.CC(C)(C)c1cccc2c1c1ccccc1n2-c1ccccc1. The van der Waals surface area contributed by atoms with E-state index in [1.165, 1.54) is 136 Å². The van der Waals surface area contributed by atoms with Crippen molar-refractivity contribution in [1.82, 2.24) is 9.13 Å². The van der Waals surface area contributed by atoms with Gasteiger partial charge in [-0.2, -0.15) is 0 Å². The van der Waals surface area contributed by atoms with Crippen LogP contribution in [-0.2, 0) is 33.5 Å². The van der Waals surface area contributed by atoms with E-state index >= 15 is 0 Å². The van der Waals surface area contributed by atoms with Gasteiger partial charge in [-0.1, -0.05) is 292 Å². The van der Waals surface area contributed by atoms with Crippen LogP contribution < -0.4 is 0 Å². The second-order valence-electron chi connectivity index (χ2n) is 31.4. The van der Waals surface area contributed by atoms with E-state index in [4.69, 9.17) is 4.42 Å². The van der Waals surface area contributed by atoms with Crippen molar-refractivity contribution >= 4 is 97.1 Å². The molecule has 0 amide bonds. The summed E-state index contributed by atoms with van der Waals surface area (Å²) in [6, 6.07) is 98.1. The summed E-state index contributed by atoms with van der Waals surface area (Å²) in [6.45, 7) is 34.0. The van der Waals surface area contributed by atoms with E-state index in [2.05, 4.69) is 374 Å². The normalized spacial score (nSPS) is 12.4. The van der Waals surface area contributed by atoms with Crippen LogP contribution in [0.15, 0.2) is 277 Å². The van der Waals surface area contributed by atoms with E-state index in [0.29, 0.717) is 0 Å². The van der Waals surface area contributed by atoms with E-state index in [-0.39, 0.29) is 27.1 Å². The Balaban J connectivity index is 0.000000110. The molecule has 4 aromatic heterocycles. The van der Waals surface area contributed by atoms with Crippen molar-refractivity contribution in [3.63, 3.8) is 0 Å². The lowest BCUT2D eigenvalue weighted by atomic mass is 9.84. The molecule has 0 fully saturated rings. The molecule has 3 nitrogen and oxygen atoms in total. The Morgan fingerprint density at radius 2 is 0.722 bits per heavy atom. The molecule has 12 aromatic carbocycles. The predicted molar refractivity (Wildman–Crippen MR) is 423 cm³/mol. The van der Waals surface area contributed by atoms with Crippen molar-refractivity contribution in [1.29, 1.82) is 0 Å². The Bertz CT molecular complexity index is 5330. The molecule has 0 spiro atoms. The summed E-state index contributed by atoms with van der Waals surface area (Å²) in [5, 5.41) is 10.5. The van der Waals surface area contributed by atoms with Gasteiger partial charge in [0, 0.05) is 63.9 Å². The molecule has 1 aliphatic rings. The fourth-order valence-electron chi connectivity index (χ4n) is 13.8. The Kier molecular flexibility index (Phi) is 17.7. The van der Waals surface area contributed by atoms with Gasteiger partial charge >= 0.3 is 0 Å². The lowest BCUT2D eigenvalue weighted by Crippen LogP contribution is -2.11. The molecule has 4 heterocycles. The van der Waals surface area contributed by atoms with Gasteiger partial charge in [0.15, 0.2) is 0 Å². The van der Waals surface area contributed by atoms with E-state index in [1.807, 2.05) is 23.5 Å². The van der Waals surface area contributed by atoms with Gasteiger partial charge in [-0.25, -0.2) is 0 Å². The van der Waals surface area contributed by atoms with Gasteiger partial charge in [-0.3, -0.25) is 0 Å². The Hall–Kier alpha value is -9.74. The summed E-state index contributed by atoms with van der Waals surface area (Å²) in [5.41, 5.74) is 23.1. The monoisotopic (exact) mass is 1280 g/mol. The highest BCUT2D eigenvalue weighted by atomic mass is 32.1. The van der Waals surface area contributed by atoms with Crippen LogP contribution in [0.1, 0.15) is 143 Å². The zero-order valence-electron chi connectivity index (χ0n) is 59.4. The lowest BCUT2D eigenvalue weighted by molar-refractivity contribution is 0.589. The molecule has 0 atom stereocenters. The number of thiophene rings is 1. The fraction of sp³-hybridized carbons (Fsp3) is 0.226. The van der Waals surface area contributed by atoms with Crippen molar-refractivity contribution in [2.75, 3.05) is 0 Å². The largest absolute Gasteiger partial charge is 0.456 e. The van der Waals surface area contributed by atoms with Crippen LogP contribution in [0.5, 0.6) is 0 Å². The zero-order chi connectivity index (χ0) is 68.2. The molecule has 0 radical (unpaired) electrons. The first kappa shape index (κ1) is 65.9. The molecular weight excluding hydrogens is 1190 g/mol. The maximum atomic E-state index is 5.82. The number of rotatable bonds is 2. The highest BCUT2D eigenvalue weighted by Gasteiger charge is 2.25. The van der Waals surface area contributed by atoms with Crippen molar-refractivity contribution in [2.45, 2.75) is 137 Å². The molecule has 0 saturated carbocycles. The molecule has 17 rings (SSSR count). The quantitative estimate of drug-likeness (QED) is 0.169. The number of nitrogens with zero attached hydrogens (tertiary/aromatic N) is 2. The number of hydrogen-bond acceptors (Lipinski definition) is 2. The van der Waals surface area contributed by atoms with Crippen molar-refractivity contribution in [3.8, 4) is 22.5 Å². The van der Waals surface area contributed by atoms with Crippen LogP contribution in [-0.4, -0.2) is 9.13 Å². The molecule has 0 bridgehead atoms. The van der Waals surface area contributed by atoms with Gasteiger partial charge in [0.1, 0.15) is 11.2 Å². The van der Waals surface area contributed by atoms with Crippen LogP contribution in [0.25, 0.3) is 108 Å². The maximum Gasteiger partial charge on any atom is 0.135 e. The minimum atomic E-state index is 0.116. The fourth-order valence-corrected chi connectivity index (χ4v) is 14.9. The third kappa shape index (κ3) is 13.5. The van der Waals surface area contributed by atoms with Crippen LogP contribution >= 0.6 is 11.3 Å². The Morgan fingerprint density at radius 1 is 0.278 bits per heavy atom. The van der Waals surface area contributed by atoms with Crippen LogP contribution in [0.2, 0.25) is 0 Å². The molecule has 4 heteroatoms. The van der Waals surface area contributed by atoms with Gasteiger partial charge in [0.25, 0.3) is 0 Å². The number of para-hydroxylation sites is 5. The van der Waals surface area contributed by atoms with Crippen LogP contribution in [0, 0.1) is 0 Å². The smallest absolute Gasteiger partial charge is 0.135 e. The summed E-state index contributed by atoms with van der Waals surface area (Å²) in [7, 11) is 0. The Morgan fingerprint density at radius 3 is 1.37 bits per heavy atom. The molecule has 0 saturated heterocycles. The first-order valence-corrected chi connectivity index (χ1v) is 35.3. The predicted octanol–water partition coefficient (Wildman–Crippen LogP) is 27.0. The van der Waals surface area contributed by atoms with Gasteiger partial charge in [0.2, 0.25) is 0 Å². The third-order valence-corrected chi connectivity index (χ3v) is 20.4. The lowest BCUT2D eigenvalue weighted by Gasteiger charge is -2.20. The maximum absolute atomic E-state index is 5.82. The first-order chi connectivity index (χ1) is 46.3. The second-order valence-corrected chi connectivity index (χ2v) is 32.5. The van der Waals surface area contributed by atoms with E-state index < -0.39 is 0 Å². The first-order valence-electron chi connectivity index (χ1n) is 34.5. The Labute approximate surface area is 578 Å². The topological polar surface area (TPSA) is 23.0 Å². The number of fused-ring (bicyclic) bond motifs is 15. The summed E-state index contributed by atoms with van der Waals surface area (Å²) in [6.07, 6.45) is 1.09. The van der Waals surface area contributed by atoms with E-state index in [1.54, 1.807) is 0 Å².